The smallest absolute Gasteiger partial charge is 0.234 e. The zero-order chi connectivity index (χ0) is 13.6. The van der Waals surface area contributed by atoms with Crippen molar-refractivity contribution in [3.05, 3.63) is 35.9 Å². The molecule has 0 aromatic heterocycles. The first-order valence-electron chi connectivity index (χ1n) is 6.69. The molecule has 4 nitrogen and oxygen atoms in total. The first-order valence-corrected chi connectivity index (χ1v) is 6.69. The summed E-state index contributed by atoms with van der Waals surface area (Å²) in [7, 11) is 1.59. The number of hydrogen-bond donors (Lipinski definition) is 0. The summed E-state index contributed by atoms with van der Waals surface area (Å²) in [6.45, 7) is 3.55. The molecule has 2 amide bonds. The van der Waals surface area contributed by atoms with Gasteiger partial charge in [-0.25, -0.2) is 0 Å². The summed E-state index contributed by atoms with van der Waals surface area (Å²) in [5.41, 5.74) is 1.22. The summed E-state index contributed by atoms with van der Waals surface area (Å²) in [5, 5.41) is 0. The zero-order valence-electron chi connectivity index (χ0n) is 11.2. The Balaban J connectivity index is 1.78. The van der Waals surface area contributed by atoms with Gasteiger partial charge in [0.15, 0.2) is 0 Å². The number of benzene rings is 1. The van der Waals surface area contributed by atoms with Gasteiger partial charge in [0.2, 0.25) is 11.8 Å². The van der Waals surface area contributed by atoms with E-state index in [2.05, 4.69) is 24.0 Å². The number of likely N-dealkylation sites (tertiary alicyclic amines) is 2. The molecule has 0 bridgehead atoms. The molecule has 2 aliphatic heterocycles. The third-order valence-corrected chi connectivity index (χ3v) is 4.45. The van der Waals surface area contributed by atoms with E-state index in [1.165, 1.54) is 10.5 Å². The average molecular weight is 258 g/mol. The van der Waals surface area contributed by atoms with E-state index in [9.17, 15) is 9.59 Å². The van der Waals surface area contributed by atoms with Crippen LogP contribution >= 0.6 is 0 Å². The quantitative estimate of drug-likeness (QED) is 0.746. The molecule has 19 heavy (non-hydrogen) atoms. The Hall–Kier alpha value is -1.68. The molecule has 2 saturated heterocycles. The second kappa shape index (κ2) is 4.46. The third-order valence-electron chi connectivity index (χ3n) is 4.45. The number of imide groups is 1. The molecule has 4 heteroatoms. The summed E-state index contributed by atoms with van der Waals surface area (Å²) in [5.74, 6) is -0.326. The maximum atomic E-state index is 12.1. The monoisotopic (exact) mass is 258 g/mol. The van der Waals surface area contributed by atoms with E-state index >= 15 is 0 Å². The van der Waals surface area contributed by atoms with Crippen LogP contribution in [0.5, 0.6) is 0 Å². The average Bonchev–Trinajstić information content (AvgIpc) is 2.84. The molecule has 2 aliphatic rings. The van der Waals surface area contributed by atoms with Gasteiger partial charge in [-0.15, -0.1) is 0 Å². The van der Waals surface area contributed by atoms with Crippen LogP contribution in [0.3, 0.4) is 0 Å². The Labute approximate surface area is 113 Å². The lowest BCUT2D eigenvalue weighted by Crippen LogP contribution is -2.37. The summed E-state index contributed by atoms with van der Waals surface area (Å²) in [6.07, 6.45) is 0. The minimum absolute atomic E-state index is 0.0157. The van der Waals surface area contributed by atoms with Crippen LogP contribution in [-0.4, -0.2) is 41.2 Å². The predicted octanol–water partition coefficient (Wildman–Crippen LogP) is 1.12. The fraction of sp³-hybridized carbons (Fsp3) is 0.467. The van der Waals surface area contributed by atoms with Gasteiger partial charge >= 0.3 is 0 Å². The minimum Gasteiger partial charge on any atom is -0.295 e. The van der Waals surface area contributed by atoms with Crippen molar-refractivity contribution in [2.45, 2.75) is 19.5 Å². The van der Waals surface area contributed by atoms with E-state index in [-0.39, 0.29) is 29.7 Å². The molecule has 1 aromatic rings. The lowest BCUT2D eigenvalue weighted by atomic mass is 9.94. The molecule has 3 rings (SSSR count). The predicted molar refractivity (Wildman–Crippen MR) is 71.1 cm³/mol. The van der Waals surface area contributed by atoms with Crippen LogP contribution in [0.1, 0.15) is 12.5 Å². The van der Waals surface area contributed by atoms with Gasteiger partial charge in [0.05, 0.1) is 11.8 Å². The standard InChI is InChI=1S/C15H18N2O2/c1-10-13-12(14(18)16(2)15(13)19)9-17(10)8-11-6-4-3-5-7-11/h3-7,10,12-13H,8-9H2,1-2H3. The number of fused-ring (bicyclic) bond motifs is 1. The lowest BCUT2D eigenvalue weighted by Gasteiger charge is -2.24. The molecule has 1 aromatic carbocycles. The Morgan fingerprint density at radius 1 is 1.16 bits per heavy atom. The largest absolute Gasteiger partial charge is 0.295 e. The molecule has 0 radical (unpaired) electrons. The maximum Gasteiger partial charge on any atom is 0.234 e. The summed E-state index contributed by atoms with van der Waals surface area (Å²) < 4.78 is 0. The number of carbonyl (C=O) groups excluding carboxylic acids is 2. The van der Waals surface area contributed by atoms with Crippen LogP contribution in [0.2, 0.25) is 0 Å². The highest BCUT2D eigenvalue weighted by Crippen LogP contribution is 2.37. The summed E-state index contributed by atoms with van der Waals surface area (Å²) in [6, 6.07) is 10.3. The normalized spacial score (nSPS) is 31.1. The SMILES string of the molecule is CC1C2C(=O)N(C)C(=O)C2CN1Cc1ccccc1. The molecule has 100 valence electrons. The van der Waals surface area contributed by atoms with E-state index in [0.29, 0.717) is 6.54 Å². The van der Waals surface area contributed by atoms with Gasteiger partial charge in [-0.2, -0.15) is 0 Å². The molecule has 0 spiro atoms. The van der Waals surface area contributed by atoms with Crippen LogP contribution in [0.25, 0.3) is 0 Å². The third kappa shape index (κ3) is 1.87. The molecular formula is C15H18N2O2. The Bertz CT molecular complexity index is 514. The minimum atomic E-state index is -0.152. The second-order valence-corrected chi connectivity index (χ2v) is 5.52. The summed E-state index contributed by atoms with van der Waals surface area (Å²) in [4.78, 5) is 27.6. The number of amides is 2. The number of nitrogens with zero attached hydrogens (tertiary/aromatic N) is 2. The zero-order valence-corrected chi connectivity index (χ0v) is 11.2. The number of carbonyl (C=O) groups is 2. The Morgan fingerprint density at radius 3 is 2.47 bits per heavy atom. The van der Waals surface area contributed by atoms with Gasteiger partial charge < -0.3 is 0 Å². The maximum absolute atomic E-state index is 12.1. The van der Waals surface area contributed by atoms with Gasteiger partial charge in [-0.3, -0.25) is 19.4 Å². The van der Waals surface area contributed by atoms with Gasteiger partial charge in [-0.1, -0.05) is 30.3 Å². The second-order valence-electron chi connectivity index (χ2n) is 5.52. The molecule has 3 atom stereocenters. The topological polar surface area (TPSA) is 40.6 Å². The fourth-order valence-corrected chi connectivity index (χ4v) is 3.31. The van der Waals surface area contributed by atoms with Crippen molar-refractivity contribution < 1.29 is 9.59 Å². The van der Waals surface area contributed by atoms with Crippen molar-refractivity contribution in [3.63, 3.8) is 0 Å². The van der Waals surface area contributed by atoms with Gasteiger partial charge in [0.25, 0.3) is 0 Å². The van der Waals surface area contributed by atoms with Crippen LogP contribution in [-0.2, 0) is 16.1 Å². The van der Waals surface area contributed by atoms with Gasteiger partial charge in [0, 0.05) is 26.2 Å². The van der Waals surface area contributed by atoms with Crippen molar-refractivity contribution in [1.29, 1.82) is 0 Å². The summed E-state index contributed by atoms with van der Waals surface area (Å²) >= 11 is 0. The van der Waals surface area contributed by atoms with Crippen molar-refractivity contribution in [3.8, 4) is 0 Å². The first-order chi connectivity index (χ1) is 9.09. The van der Waals surface area contributed by atoms with Crippen LogP contribution in [0.15, 0.2) is 30.3 Å². The molecule has 0 saturated carbocycles. The van der Waals surface area contributed by atoms with E-state index < -0.39 is 0 Å². The Kier molecular flexibility index (Phi) is 2.90. The van der Waals surface area contributed by atoms with Crippen molar-refractivity contribution in [1.82, 2.24) is 9.80 Å². The molecular weight excluding hydrogens is 240 g/mol. The highest BCUT2D eigenvalue weighted by Gasteiger charge is 2.54. The van der Waals surface area contributed by atoms with Crippen LogP contribution in [0.4, 0.5) is 0 Å². The molecule has 2 fully saturated rings. The van der Waals surface area contributed by atoms with Gasteiger partial charge in [0.1, 0.15) is 0 Å². The van der Waals surface area contributed by atoms with Crippen LogP contribution in [0, 0.1) is 11.8 Å². The van der Waals surface area contributed by atoms with E-state index in [1.807, 2.05) is 18.2 Å². The van der Waals surface area contributed by atoms with E-state index in [4.69, 9.17) is 0 Å². The first kappa shape index (κ1) is 12.4. The molecule has 2 heterocycles. The molecule has 3 unspecified atom stereocenters. The Morgan fingerprint density at radius 2 is 1.84 bits per heavy atom. The highest BCUT2D eigenvalue weighted by molar-refractivity contribution is 6.05. The lowest BCUT2D eigenvalue weighted by molar-refractivity contribution is -0.139. The van der Waals surface area contributed by atoms with E-state index in [1.54, 1.807) is 7.05 Å². The van der Waals surface area contributed by atoms with Gasteiger partial charge in [-0.05, 0) is 12.5 Å². The fourth-order valence-electron chi connectivity index (χ4n) is 3.31. The van der Waals surface area contributed by atoms with Crippen molar-refractivity contribution >= 4 is 11.8 Å². The highest BCUT2D eigenvalue weighted by atomic mass is 16.2. The number of hydrogen-bond acceptors (Lipinski definition) is 3. The van der Waals surface area contributed by atoms with Crippen LogP contribution < -0.4 is 0 Å². The van der Waals surface area contributed by atoms with Crippen molar-refractivity contribution in [2.24, 2.45) is 11.8 Å². The van der Waals surface area contributed by atoms with E-state index in [0.717, 1.165) is 6.54 Å². The molecule has 0 aliphatic carbocycles. The molecule has 0 N–H and O–H groups in total. The van der Waals surface area contributed by atoms with Crippen molar-refractivity contribution in [2.75, 3.05) is 13.6 Å². The number of rotatable bonds is 2.